The average Bonchev–Trinajstić information content (AvgIpc) is 2.37. The summed E-state index contributed by atoms with van der Waals surface area (Å²) in [5.74, 6) is 1.81. The molecule has 2 heteroatoms. The Kier molecular flexibility index (Phi) is 31.6. The lowest BCUT2D eigenvalue weighted by molar-refractivity contribution is 1.07. The topological polar surface area (TPSA) is 26.0 Å². The molecule has 0 aliphatic carbocycles. The van der Waals surface area contributed by atoms with Crippen LogP contribution in [0.2, 0.25) is 0 Å². The number of alkyl halides is 1. The van der Waals surface area contributed by atoms with Crippen molar-refractivity contribution in [3.63, 3.8) is 0 Å². The van der Waals surface area contributed by atoms with E-state index in [1.165, 1.54) is 5.56 Å². The summed E-state index contributed by atoms with van der Waals surface area (Å²) in [6.07, 6.45) is 0. The summed E-state index contributed by atoms with van der Waals surface area (Å²) in [5, 5.41) is 0. The second-order valence-electron chi connectivity index (χ2n) is 1.69. The highest BCUT2D eigenvalue weighted by atomic mass is 79.9. The van der Waals surface area contributed by atoms with E-state index in [1.807, 2.05) is 63.9 Å². The van der Waals surface area contributed by atoms with Crippen LogP contribution in [-0.4, -0.2) is 5.83 Å². The first-order valence-corrected chi connectivity index (χ1v) is 6.64. The van der Waals surface area contributed by atoms with Gasteiger partial charge in [0.15, 0.2) is 0 Å². The van der Waals surface area contributed by atoms with E-state index >= 15 is 0 Å². The summed E-state index contributed by atoms with van der Waals surface area (Å²) in [4.78, 5) is 0. The molecular formula is C12H24BrN. The lowest BCUT2D eigenvalue weighted by atomic mass is 10.2. The number of hydrogen-bond acceptors (Lipinski definition) is 1. The predicted octanol–water partition coefficient (Wildman–Crippen LogP) is 4.21. The Bertz CT molecular complexity index is 152. The first-order chi connectivity index (χ1) is 6.93. The van der Waals surface area contributed by atoms with E-state index in [1.54, 1.807) is 0 Å². The maximum Gasteiger partial charge on any atom is 0.0178 e. The highest BCUT2D eigenvalue weighted by Gasteiger charge is 1.80. The van der Waals surface area contributed by atoms with E-state index < -0.39 is 0 Å². The molecule has 0 radical (unpaired) electrons. The van der Waals surface area contributed by atoms with Gasteiger partial charge >= 0.3 is 0 Å². The third kappa shape index (κ3) is 14.2. The zero-order valence-electron chi connectivity index (χ0n) is 10.0. The predicted molar refractivity (Wildman–Crippen MR) is 71.9 cm³/mol. The second kappa shape index (κ2) is 23.0. The average molecular weight is 262 g/mol. The summed E-state index contributed by atoms with van der Waals surface area (Å²) in [7, 11) is 0. The number of rotatable bonds is 1. The lowest BCUT2D eigenvalue weighted by Gasteiger charge is -1.90. The number of nitrogens with two attached hydrogens (primary N) is 1. The molecule has 0 aliphatic heterocycles. The summed E-state index contributed by atoms with van der Waals surface area (Å²) < 4.78 is 0. The van der Waals surface area contributed by atoms with Crippen LogP contribution >= 0.6 is 15.9 Å². The summed E-state index contributed by atoms with van der Waals surface area (Å²) in [6.45, 7) is 8.64. The van der Waals surface area contributed by atoms with Gasteiger partial charge in [0, 0.05) is 6.54 Å². The zero-order chi connectivity index (χ0) is 11.8. The van der Waals surface area contributed by atoms with Gasteiger partial charge < -0.3 is 5.73 Å². The fraction of sp³-hybridized carbons (Fsp3) is 0.500. The molecule has 0 unspecified atom stereocenters. The van der Waals surface area contributed by atoms with E-state index in [0.717, 1.165) is 0 Å². The van der Waals surface area contributed by atoms with Crippen molar-refractivity contribution in [3.05, 3.63) is 35.9 Å². The molecule has 0 bridgehead atoms. The summed E-state index contributed by atoms with van der Waals surface area (Å²) >= 11 is 2.94. The van der Waals surface area contributed by atoms with Crippen molar-refractivity contribution < 1.29 is 0 Å². The number of halogens is 1. The van der Waals surface area contributed by atoms with Crippen molar-refractivity contribution in [2.75, 3.05) is 5.83 Å². The van der Waals surface area contributed by atoms with Crippen molar-refractivity contribution in [2.24, 2.45) is 5.73 Å². The fourth-order valence-electron chi connectivity index (χ4n) is 0.614. The molecule has 0 fully saturated rings. The molecule has 0 saturated heterocycles. The number of hydrogen-bond donors (Lipinski definition) is 1. The van der Waals surface area contributed by atoms with Crippen LogP contribution in [-0.2, 0) is 6.54 Å². The maximum atomic E-state index is 5.35. The molecular weight excluding hydrogens is 238 g/mol. The SMILES string of the molecule is CBr.CC.CC.NCc1ccccc1. The van der Waals surface area contributed by atoms with Crippen LogP contribution in [0.15, 0.2) is 30.3 Å². The van der Waals surface area contributed by atoms with Gasteiger partial charge in [-0.2, -0.15) is 0 Å². The second-order valence-corrected chi connectivity index (χ2v) is 1.69. The molecule has 0 saturated carbocycles. The van der Waals surface area contributed by atoms with Crippen LogP contribution < -0.4 is 5.73 Å². The molecule has 2 N–H and O–H groups in total. The molecule has 1 nitrogen and oxygen atoms in total. The first-order valence-electron chi connectivity index (χ1n) is 5.05. The van der Waals surface area contributed by atoms with E-state index in [0.29, 0.717) is 6.54 Å². The summed E-state index contributed by atoms with van der Waals surface area (Å²) in [5.41, 5.74) is 6.54. The largest absolute Gasteiger partial charge is 0.326 e. The Hall–Kier alpha value is -0.340. The van der Waals surface area contributed by atoms with Crippen LogP contribution in [0.3, 0.4) is 0 Å². The Morgan fingerprint density at radius 3 is 1.50 bits per heavy atom. The Morgan fingerprint density at radius 1 is 0.929 bits per heavy atom. The zero-order valence-corrected chi connectivity index (χ0v) is 11.6. The molecule has 1 aromatic rings. The van der Waals surface area contributed by atoms with Crippen molar-refractivity contribution in [2.45, 2.75) is 34.2 Å². The summed E-state index contributed by atoms with van der Waals surface area (Å²) in [6, 6.07) is 9.99. The van der Waals surface area contributed by atoms with Crippen LogP contribution in [0.5, 0.6) is 0 Å². The van der Waals surface area contributed by atoms with Gasteiger partial charge in [0.05, 0.1) is 0 Å². The monoisotopic (exact) mass is 261 g/mol. The van der Waals surface area contributed by atoms with Crippen LogP contribution in [0.25, 0.3) is 0 Å². The highest BCUT2D eigenvalue weighted by Crippen LogP contribution is 1.94. The van der Waals surface area contributed by atoms with Gasteiger partial charge in [0.1, 0.15) is 0 Å². The first kappa shape index (κ1) is 19.3. The molecule has 0 aliphatic rings. The third-order valence-electron chi connectivity index (χ3n) is 1.08. The standard InChI is InChI=1S/C7H9N.2C2H6.CH3Br/c8-6-7-4-2-1-3-5-7;3*1-2/h1-5H,6,8H2;2*1-2H3;1H3. The van der Waals surface area contributed by atoms with Crippen LogP contribution in [0.4, 0.5) is 0 Å². The quantitative estimate of drug-likeness (QED) is 0.754. The van der Waals surface area contributed by atoms with Gasteiger partial charge in [-0.25, -0.2) is 0 Å². The minimum absolute atomic E-state index is 0.640. The Balaban J connectivity index is -0.000000174. The molecule has 0 spiro atoms. The lowest BCUT2D eigenvalue weighted by Crippen LogP contribution is -1.94. The highest BCUT2D eigenvalue weighted by molar-refractivity contribution is 9.08. The van der Waals surface area contributed by atoms with E-state index in [4.69, 9.17) is 5.73 Å². The Labute approximate surface area is 97.8 Å². The minimum Gasteiger partial charge on any atom is -0.326 e. The molecule has 0 atom stereocenters. The smallest absolute Gasteiger partial charge is 0.0178 e. The normalized spacial score (nSPS) is 6.50. The van der Waals surface area contributed by atoms with Gasteiger partial charge in [-0.05, 0) is 11.4 Å². The number of benzene rings is 1. The van der Waals surface area contributed by atoms with E-state index in [9.17, 15) is 0 Å². The molecule has 0 heterocycles. The van der Waals surface area contributed by atoms with Crippen LogP contribution in [0, 0.1) is 0 Å². The Morgan fingerprint density at radius 2 is 1.29 bits per heavy atom. The maximum absolute atomic E-state index is 5.35. The van der Waals surface area contributed by atoms with Gasteiger partial charge in [0.25, 0.3) is 0 Å². The van der Waals surface area contributed by atoms with Crippen molar-refractivity contribution >= 4 is 15.9 Å². The van der Waals surface area contributed by atoms with Crippen LogP contribution in [0.1, 0.15) is 33.3 Å². The van der Waals surface area contributed by atoms with Gasteiger partial charge in [-0.15, -0.1) is 0 Å². The van der Waals surface area contributed by atoms with Gasteiger partial charge in [-0.1, -0.05) is 74.0 Å². The van der Waals surface area contributed by atoms with E-state index in [2.05, 4.69) is 15.9 Å². The minimum atomic E-state index is 0.640. The van der Waals surface area contributed by atoms with Gasteiger partial charge in [-0.3, -0.25) is 0 Å². The molecule has 0 amide bonds. The van der Waals surface area contributed by atoms with Crippen molar-refractivity contribution in [1.82, 2.24) is 0 Å². The third-order valence-corrected chi connectivity index (χ3v) is 1.08. The fourth-order valence-corrected chi connectivity index (χ4v) is 0.614. The molecule has 1 aromatic carbocycles. The van der Waals surface area contributed by atoms with Gasteiger partial charge in [0.2, 0.25) is 0 Å². The molecule has 14 heavy (non-hydrogen) atoms. The van der Waals surface area contributed by atoms with E-state index in [-0.39, 0.29) is 0 Å². The molecule has 84 valence electrons. The molecule has 0 aromatic heterocycles. The molecule has 1 rings (SSSR count). The van der Waals surface area contributed by atoms with Crippen molar-refractivity contribution in [3.8, 4) is 0 Å². The van der Waals surface area contributed by atoms with Crippen molar-refractivity contribution in [1.29, 1.82) is 0 Å².